The number of nitro groups is 1. The molecule has 12 heteroatoms. The monoisotopic (exact) mass is 500 g/mol. The summed E-state index contributed by atoms with van der Waals surface area (Å²) in [7, 11) is 0. The Balaban J connectivity index is 1.23. The van der Waals surface area contributed by atoms with Crippen molar-refractivity contribution in [1.29, 1.82) is 0 Å². The summed E-state index contributed by atoms with van der Waals surface area (Å²) in [6.45, 7) is 0.597. The van der Waals surface area contributed by atoms with E-state index in [4.69, 9.17) is 4.42 Å². The molecule has 0 aliphatic heterocycles. The van der Waals surface area contributed by atoms with Gasteiger partial charge in [0.2, 0.25) is 5.91 Å². The number of hydrogen-bond donors (Lipinski definition) is 1. The van der Waals surface area contributed by atoms with Gasteiger partial charge in [0.25, 0.3) is 11.2 Å². The largest absolute Gasteiger partial charge is 0.460 e. The number of aromatic nitrogens is 4. The van der Waals surface area contributed by atoms with Gasteiger partial charge in [-0.05, 0) is 17.7 Å². The van der Waals surface area contributed by atoms with Gasteiger partial charge >= 0.3 is 0 Å². The molecule has 186 valence electrons. The Morgan fingerprint density at radius 2 is 1.92 bits per heavy atom. The molecule has 0 bridgehead atoms. The van der Waals surface area contributed by atoms with Crippen LogP contribution < -0.4 is 16.3 Å². The van der Waals surface area contributed by atoms with Crippen LogP contribution in [0.1, 0.15) is 11.3 Å². The van der Waals surface area contributed by atoms with E-state index in [1.54, 1.807) is 36.4 Å². The maximum absolute atomic E-state index is 12.9. The number of nitrogens with one attached hydrogen (secondary N) is 1. The van der Waals surface area contributed by atoms with Gasteiger partial charge in [0.1, 0.15) is 23.1 Å². The SMILES string of the molecule is O=C(Cc1cc(=O)c2ccccc2o1)NCCn1ncc2c(=O)n(Cc3cccc([N+](=O)[O-])c3)cnc21. The lowest BCUT2D eigenvalue weighted by Crippen LogP contribution is -2.29. The number of hydrogen-bond acceptors (Lipinski definition) is 8. The number of carbonyl (C=O) groups excluding carboxylic acids is 1. The van der Waals surface area contributed by atoms with E-state index in [9.17, 15) is 24.5 Å². The third kappa shape index (κ3) is 4.98. The summed E-state index contributed by atoms with van der Waals surface area (Å²) >= 11 is 0. The molecule has 3 aromatic heterocycles. The smallest absolute Gasteiger partial charge is 0.269 e. The Labute approximate surface area is 207 Å². The van der Waals surface area contributed by atoms with Gasteiger partial charge in [0.05, 0.1) is 36.0 Å². The van der Waals surface area contributed by atoms with Crippen molar-refractivity contribution in [3.05, 3.63) is 109 Å². The van der Waals surface area contributed by atoms with E-state index in [1.807, 2.05) is 0 Å². The van der Waals surface area contributed by atoms with E-state index >= 15 is 0 Å². The van der Waals surface area contributed by atoms with Crippen molar-refractivity contribution in [2.24, 2.45) is 0 Å². The fraction of sp³-hybridized carbons (Fsp3) is 0.160. The summed E-state index contributed by atoms with van der Waals surface area (Å²) in [5, 5.41) is 18.7. The van der Waals surface area contributed by atoms with Gasteiger partial charge in [-0.2, -0.15) is 5.10 Å². The lowest BCUT2D eigenvalue weighted by molar-refractivity contribution is -0.384. The minimum Gasteiger partial charge on any atom is -0.460 e. The number of benzene rings is 2. The van der Waals surface area contributed by atoms with Crippen LogP contribution in [-0.2, 0) is 24.3 Å². The molecule has 5 aromatic rings. The molecule has 1 N–H and O–H groups in total. The second kappa shape index (κ2) is 9.85. The maximum atomic E-state index is 12.9. The van der Waals surface area contributed by atoms with Crippen LogP contribution in [-0.4, -0.2) is 36.7 Å². The second-order valence-corrected chi connectivity index (χ2v) is 8.31. The number of fused-ring (bicyclic) bond motifs is 2. The normalized spacial score (nSPS) is 11.1. The van der Waals surface area contributed by atoms with Crippen molar-refractivity contribution in [2.45, 2.75) is 19.5 Å². The van der Waals surface area contributed by atoms with Gasteiger partial charge in [0.15, 0.2) is 11.1 Å². The number of para-hydroxylation sites is 1. The first-order valence-corrected chi connectivity index (χ1v) is 11.3. The molecule has 37 heavy (non-hydrogen) atoms. The fourth-order valence-electron chi connectivity index (χ4n) is 4.00. The third-order valence-electron chi connectivity index (χ3n) is 5.76. The predicted octanol–water partition coefficient (Wildman–Crippen LogP) is 2.01. The molecular formula is C25H20N6O6. The molecule has 0 aliphatic rings. The Bertz CT molecular complexity index is 1770. The fourth-order valence-corrected chi connectivity index (χ4v) is 4.00. The topological polar surface area (TPSA) is 155 Å². The van der Waals surface area contributed by atoms with E-state index in [-0.39, 0.29) is 59.8 Å². The molecule has 1 amide bonds. The number of carbonyl (C=O) groups is 1. The highest BCUT2D eigenvalue weighted by atomic mass is 16.6. The molecule has 0 saturated carbocycles. The zero-order chi connectivity index (χ0) is 25.9. The third-order valence-corrected chi connectivity index (χ3v) is 5.76. The molecule has 0 fully saturated rings. The van der Waals surface area contributed by atoms with Crippen LogP contribution in [0.3, 0.4) is 0 Å². The molecule has 0 saturated heterocycles. The van der Waals surface area contributed by atoms with E-state index in [0.717, 1.165) is 0 Å². The Morgan fingerprint density at radius 1 is 1.08 bits per heavy atom. The van der Waals surface area contributed by atoms with Crippen molar-refractivity contribution in [3.63, 3.8) is 0 Å². The standard InChI is InChI=1S/C25H20N6O6/c32-21-11-18(37-22-7-2-1-6-19(21)22)12-23(33)26-8-9-30-24-20(13-28-30)25(34)29(15-27-24)14-16-4-3-5-17(10-16)31(35)36/h1-7,10-11,13,15H,8-9,12,14H2,(H,26,33). The Kier molecular flexibility index (Phi) is 6.29. The Hall–Kier alpha value is -5.13. The summed E-state index contributed by atoms with van der Waals surface area (Å²) < 4.78 is 8.51. The maximum Gasteiger partial charge on any atom is 0.269 e. The molecule has 5 rings (SSSR count). The van der Waals surface area contributed by atoms with Crippen LogP contribution >= 0.6 is 0 Å². The zero-order valence-corrected chi connectivity index (χ0v) is 19.4. The number of nitro benzene ring substituents is 1. The van der Waals surface area contributed by atoms with Crippen molar-refractivity contribution >= 4 is 33.6 Å². The average Bonchev–Trinajstić information content (AvgIpc) is 3.29. The highest BCUT2D eigenvalue weighted by Gasteiger charge is 2.13. The summed E-state index contributed by atoms with van der Waals surface area (Å²) in [5.74, 6) is -0.0705. The molecule has 0 aliphatic carbocycles. The summed E-state index contributed by atoms with van der Waals surface area (Å²) in [6.07, 6.45) is 2.67. The summed E-state index contributed by atoms with van der Waals surface area (Å²) in [5.41, 5.74) is 0.762. The molecule has 0 atom stereocenters. The second-order valence-electron chi connectivity index (χ2n) is 8.31. The first kappa shape index (κ1) is 23.6. The molecule has 0 unspecified atom stereocenters. The van der Waals surface area contributed by atoms with Crippen LogP contribution in [0, 0.1) is 10.1 Å². The first-order valence-electron chi connectivity index (χ1n) is 11.3. The van der Waals surface area contributed by atoms with Crippen LogP contribution in [0.4, 0.5) is 5.69 Å². The quantitative estimate of drug-likeness (QED) is 0.251. The van der Waals surface area contributed by atoms with Crippen molar-refractivity contribution in [2.75, 3.05) is 6.54 Å². The van der Waals surface area contributed by atoms with E-state index in [2.05, 4.69) is 15.4 Å². The first-order chi connectivity index (χ1) is 17.9. The van der Waals surface area contributed by atoms with Crippen molar-refractivity contribution in [1.82, 2.24) is 24.6 Å². The molecule has 3 heterocycles. The number of non-ortho nitro benzene ring substituents is 1. The minimum atomic E-state index is -0.492. The average molecular weight is 500 g/mol. The van der Waals surface area contributed by atoms with E-state index in [1.165, 1.54) is 40.0 Å². The zero-order valence-electron chi connectivity index (χ0n) is 19.4. The van der Waals surface area contributed by atoms with Crippen LogP contribution in [0.5, 0.6) is 0 Å². The minimum absolute atomic E-state index is 0.0581. The highest BCUT2D eigenvalue weighted by Crippen LogP contribution is 2.14. The lowest BCUT2D eigenvalue weighted by atomic mass is 10.2. The van der Waals surface area contributed by atoms with Gasteiger partial charge in [-0.25, -0.2) is 9.67 Å². The van der Waals surface area contributed by atoms with Crippen LogP contribution in [0.15, 0.2) is 81.1 Å². The van der Waals surface area contributed by atoms with E-state index < -0.39 is 4.92 Å². The lowest BCUT2D eigenvalue weighted by Gasteiger charge is -2.08. The van der Waals surface area contributed by atoms with Crippen molar-refractivity contribution in [3.8, 4) is 0 Å². The molecule has 0 radical (unpaired) electrons. The van der Waals surface area contributed by atoms with Gasteiger partial charge in [-0.3, -0.25) is 29.1 Å². The number of amides is 1. The molecule has 12 nitrogen and oxygen atoms in total. The van der Waals surface area contributed by atoms with Crippen LogP contribution in [0.2, 0.25) is 0 Å². The molecule has 0 spiro atoms. The Morgan fingerprint density at radius 3 is 2.76 bits per heavy atom. The summed E-state index contributed by atoms with van der Waals surface area (Å²) in [6, 6.07) is 14.2. The van der Waals surface area contributed by atoms with Gasteiger partial charge in [0, 0.05) is 24.7 Å². The predicted molar refractivity (Wildman–Crippen MR) is 133 cm³/mol. The molecular weight excluding hydrogens is 480 g/mol. The highest BCUT2D eigenvalue weighted by molar-refractivity contribution is 5.80. The van der Waals surface area contributed by atoms with Crippen molar-refractivity contribution < 1.29 is 14.1 Å². The summed E-state index contributed by atoms with van der Waals surface area (Å²) in [4.78, 5) is 52.3. The van der Waals surface area contributed by atoms with Gasteiger partial charge < -0.3 is 9.73 Å². The number of rotatable bonds is 8. The van der Waals surface area contributed by atoms with Crippen LogP contribution in [0.25, 0.3) is 22.0 Å². The van der Waals surface area contributed by atoms with Gasteiger partial charge in [-0.1, -0.05) is 24.3 Å². The van der Waals surface area contributed by atoms with E-state index in [0.29, 0.717) is 22.2 Å². The van der Waals surface area contributed by atoms with Gasteiger partial charge in [-0.15, -0.1) is 0 Å². The number of nitrogens with zero attached hydrogens (tertiary/aromatic N) is 5. The molecule has 2 aromatic carbocycles.